The molecule has 4 rings (SSSR count). The van der Waals surface area contributed by atoms with E-state index in [1.165, 1.54) is 34.6 Å². The van der Waals surface area contributed by atoms with Crippen molar-refractivity contribution < 1.29 is 26.4 Å². The zero-order chi connectivity index (χ0) is 23.6. The lowest BCUT2D eigenvalue weighted by Gasteiger charge is -2.25. The van der Waals surface area contributed by atoms with Crippen molar-refractivity contribution in [3.63, 3.8) is 0 Å². The molecule has 1 aromatic heterocycles. The third-order valence-corrected chi connectivity index (χ3v) is 7.90. The Morgan fingerprint density at radius 1 is 1.00 bits per heavy atom. The number of piperidine rings is 1. The van der Waals surface area contributed by atoms with Crippen LogP contribution in [0.2, 0.25) is 0 Å². The highest BCUT2D eigenvalue weighted by atomic mass is 32.2. The molecule has 2 aromatic rings. The molecule has 0 spiro atoms. The van der Waals surface area contributed by atoms with Gasteiger partial charge < -0.3 is 10.2 Å². The van der Waals surface area contributed by atoms with Gasteiger partial charge in [-0.2, -0.15) is 17.5 Å². The Balaban J connectivity index is 1.35. The van der Waals surface area contributed by atoms with Crippen LogP contribution in [0.1, 0.15) is 41.6 Å². The van der Waals surface area contributed by atoms with E-state index in [1.807, 2.05) is 4.90 Å². The monoisotopic (exact) mass is 482 g/mol. The van der Waals surface area contributed by atoms with E-state index in [-0.39, 0.29) is 16.8 Å². The summed E-state index contributed by atoms with van der Waals surface area (Å²) in [6.45, 7) is 1.99. The van der Waals surface area contributed by atoms with Gasteiger partial charge in [-0.3, -0.25) is 4.79 Å². The van der Waals surface area contributed by atoms with Gasteiger partial charge in [-0.05, 0) is 55.7 Å². The first-order valence-corrected chi connectivity index (χ1v) is 12.3. The van der Waals surface area contributed by atoms with Gasteiger partial charge in [0.1, 0.15) is 5.82 Å². The van der Waals surface area contributed by atoms with Crippen LogP contribution in [-0.4, -0.2) is 55.8 Å². The Hall–Kier alpha value is -2.66. The summed E-state index contributed by atoms with van der Waals surface area (Å²) in [6, 6.07) is 8.02. The fourth-order valence-corrected chi connectivity index (χ4v) is 5.65. The molecule has 7 nitrogen and oxygen atoms in total. The highest BCUT2D eigenvalue weighted by molar-refractivity contribution is 7.89. The first kappa shape index (κ1) is 23.5. The zero-order valence-corrected chi connectivity index (χ0v) is 18.7. The maximum Gasteiger partial charge on any atom is 0.417 e. The lowest BCUT2D eigenvalue weighted by Crippen LogP contribution is -2.37. The molecule has 0 radical (unpaired) electrons. The largest absolute Gasteiger partial charge is 0.417 e. The van der Waals surface area contributed by atoms with Crippen LogP contribution in [0.5, 0.6) is 0 Å². The average Bonchev–Trinajstić information content (AvgIpc) is 3.27. The van der Waals surface area contributed by atoms with Crippen molar-refractivity contribution in [2.24, 2.45) is 0 Å². The van der Waals surface area contributed by atoms with E-state index in [9.17, 15) is 26.4 Å². The molecule has 33 heavy (non-hydrogen) atoms. The van der Waals surface area contributed by atoms with Crippen LogP contribution in [0.3, 0.4) is 0 Å². The molecule has 1 aromatic carbocycles. The van der Waals surface area contributed by atoms with Crippen LogP contribution in [0.15, 0.2) is 47.5 Å². The Morgan fingerprint density at radius 3 is 2.30 bits per heavy atom. The number of amides is 1. The van der Waals surface area contributed by atoms with Crippen LogP contribution >= 0.6 is 0 Å². The molecule has 1 N–H and O–H groups in total. The van der Waals surface area contributed by atoms with Crippen molar-refractivity contribution in [1.82, 2.24) is 14.6 Å². The minimum absolute atomic E-state index is 0.168. The number of alkyl halides is 3. The van der Waals surface area contributed by atoms with E-state index in [4.69, 9.17) is 0 Å². The molecule has 2 aliphatic heterocycles. The second kappa shape index (κ2) is 9.30. The van der Waals surface area contributed by atoms with Crippen LogP contribution in [0, 0.1) is 0 Å². The van der Waals surface area contributed by atoms with Crippen LogP contribution < -0.4 is 10.2 Å². The number of aromatic nitrogens is 1. The van der Waals surface area contributed by atoms with Gasteiger partial charge in [0.05, 0.1) is 10.5 Å². The lowest BCUT2D eigenvalue weighted by atomic mass is 10.2. The topological polar surface area (TPSA) is 82.6 Å². The number of anilines is 1. The number of halogens is 3. The van der Waals surface area contributed by atoms with Gasteiger partial charge in [0.15, 0.2) is 0 Å². The summed E-state index contributed by atoms with van der Waals surface area (Å²) in [7, 11) is -3.56. The molecule has 2 fully saturated rings. The molecule has 0 bridgehead atoms. The first-order chi connectivity index (χ1) is 15.6. The molecule has 0 saturated carbocycles. The van der Waals surface area contributed by atoms with E-state index < -0.39 is 21.8 Å². The summed E-state index contributed by atoms with van der Waals surface area (Å²) in [4.78, 5) is 18.5. The predicted octanol–water partition coefficient (Wildman–Crippen LogP) is 3.28. The molecule has 11 heteroatoms. The molecule has 0 aliphatic carbocycles. The number of rotatable bonds is 5. The number of pyridine rings is 1. The van der Waals surface area contributed by atoms with Gasteiger partial charge in [-0.25, -0.2) is 13.4 Å². The third-order valence-electron chi connectivity index (χ3n) is 5.99. The number of hydrogen-bond donors (Lipinski definition) is 1. The smallest absolute Gasteiger partial charge is 0.354 e. The number of carbonyl (C=O) groups is 1. The SMILES string of the molecule is O=C(NC1CCN(c2ccc(C(F)(F)F)cn2)C1)c1ccc(S(=O)(=O)N2CCCCC2)cc1. The molecule has 2 saturated heterocycles. The van der Waals surface area contributed by atoms with Crippen LogP contribution in [0.4, 0.5) is 19.0 Å². The minimum Gasteiger partial charge on any atom is -0.354 e. The van der Waals surface area contributed by atoms with Crippen molar-refractivity contribution in [3.8, 4) is 0 Å². The van der Waals surface area contributed by atoms with Crippen molar-refractivity contribution in [2.45, 2.75) is 42.8 Å². The molecular formula is C22H25F3N4O3S. The fourth-order valence-electron chi connectivity index (χ4n) is 4.13. The molecular weight excluding hydrogens is 457 g/mol. The number of sulfonamides is 1. The van der Waals surface area contributed by atoms with Crippen molar-refractivity contribution in [3.05, 3.63) is 53.7 Å². The van der Waals surface area contributed by atoms with Gasteiger partial charge >= 0.3 is 6.18 Å². The van der Waals surface area contributed by atoms with Crippen LogP contribution in [-0.2, 0) is 16.2 Å². The normalized spacial score (nSPS) is 20.1. The summed E-state index contributed by atoms with van der Waals surface area (Å²) in [5, 5.41) is 2.90. The van der Waals surface area contributed by atoms with E-state index >= 15 is 0 Å². The second-order valence-electron chi connectivity index (χ2n) is 8.30. The Kier molecular flexibility index (Phi) is 6.62. The zero-order valence-electron chi connectivity index (χ0n) is 17.9. The highest BCUT2D eigenvalue weighted by Gasteiger charge is 2.32. The summed E-state index contributed by atoms with van der Waals surface area (Å²) >= 11 is 0. The summed E-state index contributed by atoms with van der Waals surface area (Å²) in [5.41, 5.74) is -0.459. The minimum atomic E-state index is -4.43. The highest BCUT2D eigenvalue weighted by Crippen LogP contribution is 2.30. The standard InChI is InChI=1S/C22H25F3N4O3S/c23-22(24,25)17-6-9-20(26-14-17)28-13-10-18(15-28)27-21(30)16-4-7-19(8-5-16)33(31,32)29-11-2-1-3-12-29/h4-9,14,18H,1-3,10-13,15H2,(H,27,30). The first-order valence-electron chi connectivity index (χ1n) is 10.8. The molecule has 2 aliphatic rings. The summed E-state index contributed by atoms with van der Waals surface area (Å²) in [6.07, 6.45) is -0.287. The number of benzene rings is 1. The van der Waals surface area contributed by atoms with Gasteiger partial charge in [-0.1, -0.05) is 6.42 Å². The summed E-state index contributed by atoms with van der Waals surface area (Å²) < 4.78 is 65.1. The lowest BCUT2D eigenvalue weighted by molar-refractivity contribution is -0.137. The van der Waals surface area contributed by atoms with E-state index in [0.717, 1.165) is 31.5 Å². The average molecular weight is 483 g/mol. The van der Waals surface area contributed by atoms with Crippen molar-refractivity contribution >= 4 is 21.7 Å². The fraction of sp³-hybridized carbons (Fsp3) is 0.455. The van der Waals surface area contributed by atoms with Gasteiger partial charge in [0.2, 0.25) is 10.0 Å². The summed E-state index contributed by atoms with van der Waals surface area (Å²) in [5.74, 6) is 0.0937. The van der Waals surface area contributed by atoms with Crippen LogP contribution in [0.25, 0.3) is 0 Å². The van der Waals surface area contributed by atoms with E-state index in [1.54, 1.807) is 0 Å². The number of nitrogens with one attached hydrogen (secondary N) is 1. The predicted molar refractivity (Wildman–Crippen MR) is 116 cm³/mol. The maximum atomic E-state index is 12.7. The Bertz CT molecular complexity index is 1080. The van der Waals surface area contributed by atoms with Gasteiger partial charge in [-0.15, -0.1) is 0 Å². The van der Waals surface area contributed by atoms with Crippen molar-refractivity contribution in [2.75, 3.05) is 31.1 Å². The van der Waals surface area contributed by atoms with Gasteiger partial charge in [0.25, 0.3) is 5.91 Å². The van der Waals surface area contributed by atoms with E-state index in [0.29, 0.717) is 44.0 Å². The molecule has 3 heterocycles. The Labute approximate surface area is 190 Å². The number of carbonyl (C=O) groups excluding carboxylic acids is 1. The maximum absolute atomic E-state index is 12.7. The second-order valence-corrected chi connectivity index (χ2v) is 10.2. The molecule has 1 unspecified atom stereocenters. The molecule has 1 amide bonds. The number of hydrogen-bond acceptors (Lipinski definition) is 5. The third kappa shape index (κ3) is 5.30. The molecule has 1 atom stereocenters. The Morgan fingerprint density at radius 2 is 1.70 bits per heavy atom. The molecule has 178 valence electrons. The van der Waals surface area contributed by atoms with E-state index in [2.05, 4.69) is 10.3 Å². The number of nitrogens with zero attached hydrogens (tertiary/aromatic N) is 3. The van der Waals surface area contributed by atoms with Gasteiger partial charge in [0, 0.05) is 44.0 Å². The van der Waals surface area contributed by atoms with Crippen molar-refractivity contribution in [1.29, 1.82) is 0 Å². The quantitative estimate of drug-likeness (QED) is 0.707.